The Morgan fingerprint density at radius 3 is 2.50 bits per heavy atom. The molecule has 0 aliphatic carbocycles. The zero-order valence-corrected chi connectivity index (χ0v) is 15.8. The molecule has 0 bridgehead atoms. The van der Waals surface area contributed by atoms with Crippen LogP contribution >= 0.6 is 0 Å². The van der Waals surface area contributed by atoms with E-state index in [2.05, 4.69) is 4.72 Å². The Kier molecular flexibility index (Phi) is 5.71. The van der Waals surface area contributed by atoms with Gasteiger partial charge in [-0.15, -0.1) is 0 Å². The molecule has 2 atom stereocenters. The molecule has 0 amide bonds. The van der Waals surface area contributed by atoms with Crippen LogP contribution in [0.1, 0.15) is 25.3 Å². The fourth-order valence-electron chi connectivity index (χ4n) is 3.19. The van der Waals surface area contributed by atoms with Gasteiger partial charge in [-0.3, -0.25) is 0 Å². The Labute approximate surface area is 144 Å². The minimum atomic E-state index is -3.71. The highest BCUT2D eigenvalue weighted by molar-refractivity contribution is 7.89. The maximum atomic E-state index is 13.0. The smallest absolute Gasteiger partial charge is 0.243 e. The van der Waals surface area contributed by atoms with Crippen molar-refractivity contribution >= 4 is 20.0 Å². The summed E-state index contributed by atoms with van der Waals surface area (Å²) in [6, 6.07) is 3.86. The number of benzene rings is 1. The average molecular weight is 376 g/mol. The normalized spacial score (nSPS) is 23.3. The summed E-state index contributed by atoms with van der Waals surface area (Å²) in [6.45, 7) is 4.30. The lowest BCUT2D eigenvalue weighted by Crippen LogP contribution is -2.51. The first-order valence-electron chi connectivity index (χ1n) is 7.91. The summed E-state index contributed by atoms with van der Waals surface area (Å²) in [5, 5.41) is 0. The molecule has 1 fully saturated rings. The highest BCUT2D eigenvalue weighted by atomic mass is 32.2. The van der Waals surface area contributed by atoms with Crippen LogP contribution in [0.2, 0.25) is 0 Å². The Morgan fingerprint density at radius 2 is 1.96 bits per heavy atom. The van der Waals surface area contributed by atoms with E-state index in [0.717, 1.165) is 12.8 Å². The van der Waals surface area contributed by atoms with Crippen molar-refractivity contribution < 1.29 is 16.8 Å². The van der Waals surface area contributed by atoms with E-state index in [1.807, 2.05) is 6.92 Å². The zero-order chi connectivity index (χ0) is 18.1. The second kappa shape index (κ2) is 7.09. The van der Waals surface area contributed by atoms with Crippen LogP contribution in [0.25, 0.3) is 0 Å². The van der Waals surface area contributed by atoms with Gasteiger partial charge in [-0.2, -0.15) is 4.31 Å². The van der Waals surface area contributed by atoms with Crippen molar-refractivity contribution in [1.29, 1.82) is 0 Å². The van der Waals surface area contributed by atoms with E-state index in [0.29, 0.717) is 12.1 Å². The second-order valence-corrected chi connectivity index (χ2v) is 9.92. The van der Waals surface area contributed by atoms with Crippen LogP contribution in [0, 0.1) is 12.8 Å². The molecule has 2 unspecified atom stereocenters. The number of nitrogens with zero attached hydrogens (tertiary/aromatic N) is 1. The number of hydrogen-bond donors (Lipinski definition) is 2. The number of nitrogens with one attached hydrogen (secondary N) is 1. The van der Waals surface area contributed by atoms with Gasteiger partial charge in [0.1, 0.15) is 0 Å². The molecule has 0 spiro atoms. The van der Waals surface area contributed by atoms with Gasteiger partial charge in [-0.1, -0.05) is 6.92 Å². The summed E-state index contributed by atoms with van der Waals surface area (Å²) in [7, 11) is -6.01. The van der Waals surface area contributed by atoms with E-state index in [9.17, 15) is 16.8 Å². The van der Waals surface area contributed by atoms with Crippen LogP contribution in [-0.2, 0) is 20.0 Å². The van der Waals surface area contributed by atoms with Gasteiger partial charge in [-0.05, 0) is 56.5 Å². The van der Waals surface area contributed by atoms with E-state index in [-0.39, 0.29) is 28.3 Å². The molecule has 24 heavy (non-hydrogen) atoms. The molecule has 0 radical (unpaired) electrons. The maximum absolute atomic E-state index is 13.0. The van der Waals surface area contributed by atoms with E-state index >= 15 is 0 Å². The molecular formula is C15H25N3O4S2. The first kappa shape index (κ1) is 19.3. The molecule has 1 aromatic carbocycles. The van der Waals surface area contributed by atoms with Crippen LogP contribution in [0.15, 0.2) is 28.0 Å². The molecule has 3 N–H and O–H groups in total. The lowest BCUT2D eigenvalue weighted by atomic mass is 9.93. The molecular weight excluding hydrogens is 350 g/mol. The molecule has 2 rings (SSSR count). The summed E-state index contributed by atoms with van der Waals surface area (Å²) in [4.78, 5) is 0.175. The van der Waals surface area contributed by atoms with Crippen molar-refractivity contribution in [3.05, 3.63) is 23.8 Å². The molecule has 1 aromatic rings. The third-order valence-corrected chi connectivity index (χ3v) is 8.11. The minimum absolute atomic E-state index is 0.0753. The van der Waals surface area contributed by atoms with Crippen LogP contribution < -0.4 is 10.5 Å². The SMILES string of the molecule is CNS(=O)(=O)c1ccc(S(=O)(=O)N2CCCC(C)C2CN)cc1C. The Hall–Kier alpha value is -1.00. The van der Waals surface area contributed by atoms with Gasteiger partial charge in [0.15, 0.2) is 0 Å². The number of hydrogen-bond acceptors (Lipinski definition) is 5. The molecule has 1 aliphatic heterocycles. The van der Waals surface area contributed by atoms with Crippen LogP contribution in [0.4, 0.5) is 0 Å². The van der Waals surface area contributed by atoms with Crippen LogP contribution in [-0.4, -0.2) is 47.3 Å². The molecule has 136 valence electrons. The Balaban J connectivity index is 2.45. The Bertz CT molecular complexity index is 806. The van der Waals surface area contributed by atoms with Crippen molar-refractivity contribution in [3.8, 4) is 0 Å². The molecule has 9 heteroatoms. The minimum Gasteiger partial charge on any atom is -0.329 e. The fraction of sp³-hybridized carbons (Fsp3) is 0.600. The van der Waals surface area contributed by atoms with E-state index < -0.39 is 20.0 Å². The number of sulfonamides is 2. The molecule has 0 saturated carbocycles. The van der Waals surface area contributed by atoms with Gasteiger partial charge in [0.25, 0.3) is 0 Å². The first-order chi connectivity index (χ1) is 11.1. The first-order valence-corrected chi connectivity index (χ1v) is 10.8. The van der Waals surface area contributed by atoms with Crippen molar-refractivity contribution in [1.82, 2.24) is 9.03 Å². The summed E-state index contributed by atoms with van der Waals surface area (Å²) in [5.74, 6) is 0.198. The van der Waals surface area contributed by atoms with Gasteiger partial charge in [0.2, 0.25) is 20.0 Å². The summed E-state index contributed by atoms with van der Waals surface area (Å²) in [6.07, 6.45) is 1.74. The van der Waals surface area contributed by atoms with Gasteiger partial charge in [0, 0.05) is 19.1 Å². The zero-order valence-electron chi connectivity index (χ0n) is 14.2. The second-order valence-electron chi connectivity index (χ2n) is 6.17. The van der Waals surface area contributed by atoms with Gasteiger partial charge >= 0.3 is 0 Å². The number of nitrogens with two attached hydrogens (primary N) is 1. The fourth-order valence-corrected chi connectivity index (χ4v) is 5.99. The third kappa shape index (κ3) is 3.50. The third-order valence-electron chi connectivity index (χ3n) is 4.62. The quantitative estimate of drug-likeness (QED) is 0.785. The summed E-state index contributed by atoms with van der Waals surface area (Å²) >= 11 is 0. The standard InChI is InChI=1S/C15H25N3O4S2/c1-11-5-4-8-18(14(11)10-16)24(21,22)13-6-7-15(12(2)9-13)23(19,20)17-3/h6-7,9,11,14,17H,4-5,8,10,16H2,1-3H3. The lowest BCUT2D eigenvalue weighted by molar-refractivity contribution is 0.192. The van der Waals surface area contributed by atoms with Gasteiger partial charge in [-0.25, -0.2) is 21.6 Å². The van der Waals surface area contributed by atoms with E-state index in [1.165, 1.54) is 29.6 Å². The Morgan fingerprint density at radius 1 is 1.29 bits per heavy atom. The van der Waals surface area contributed by atoms with Crippen molar-refractivity contribution in [2.24, 2.45) is 11.7 Å². The van der Waals surface area contributed by atoms with E-state index in [1.54, 1.807) is 6.92 Å². The van der Waals surface area contributed by atoms with Crippen molar-refractivity contribution in [2.75, 3.05) is 20.1 Å². The van der Waals surface area contributed by atoms with Crippen molar-refractivity contribution in [2.45, 2.75) is 42.5 Å². The van der Waals surface area contributed by atoms with Gasteiger partial charge in [0.05, 0.1) is 9.79 Å². The maximum Gasteiger partial charge on any atom is 0.243 e. The monoisotopic (exact) mass is 375 g/mol. The number of aryl methyl sites for hydroxylation is 1. The highest BCUT2D eigenvalue weighted by Crippen LogP contribution is 2.29. The van der Waals surface area contributed by atoms with Crippen molar-refractivity contribution in [3.63, 3.8) is 0 Å². The molecule has 1 aliphatic rings. The van der Waals surface area contributed by atoms with E-state index in [4.69, 9.17) is 5.73 Å². The largest absolute Gasteiger partial charge is 0.329 e. The summed E-state index contributed by atoms with van der Waals surface area (Å²) in [5.41, 5.74) is 6.18. The molecule has 7 nitrogen and oxygen atoms in total. The molecule has 1 saturated heterocycles. The van der Waals surface area contributed by atoms with Crippen LogP contribution in [0.5, 0.6) is 0 Å². The molecule has 0 aromatic heterocycles. The predicted molar refractivity (Wildman–Crippen MR) is 92.6 cm³/mol. The van der Waals surface area contributed by atoms with Crippen LogP contribution in [0.3, 0.4) is 0 Å². The highest BCUT2D eigenvalue weighted by Gasteiger charge is 2.36. The number of piperidine rings is 1. The van der Waals surface area contributed by atoms with Gasteiger partial charge < -0.3 is 5.73 Å². The number of rotatable bonds is 5. The molecule has 1 heterocycles. The lowest BCUT2D eigenvalue weighted by Gasteiger charge is -2.38. The topological polar surface area (TPSA) is 110 Å². The average Bonchev–Trinajstić information content (AvgIpc) is 2.54. The summed E-state index contributed by atoms with van der Waals surface area (Å²) < 4.78 is 53.6. The predicted octanol–water partition coefficient (Wildman–Crippen LogP) is 0.651.